The van der Waals surface area contributed by atoms with Crippen molar-refractivity contribution < 1.29 is 14.2 Å². The highest BCUT2D eigenvalue weighted by atomic mass is 19.1. The molecule has 19 heavy (non-hydrogen) atoms. The SMILES string of the molecule is Cc1cc(C(O)CCC2CCCCO2)cc(C)c1F. The van der Waals surface area contributed by atoms with Crippen molar-refractivity contribution in [3.63, 3.8) is 0 Å². The van der Waals surface area contributed by atoms with E-state index in [-0.39, 0.29) is 11.9 Å². The van der Waals surface area contributed by atoms with E-state index in [1.807, 2.05) is 0 Å². The molecule has 0 spiro atoms. The maximum absolute atomic E-state index is 13.5. The molecule has 1 saturated heterocycles. The topological polar surface area (TPSA) is 29.5 Å². The number of halogens is 1. The second-order valence-electron chi connectivity index (χ2n) is 5.55. The molecule has 2 rings (SSSR count). The van der Waals surface area contributed by atoms with E-state index in [2.05, 4.69) is 0 Å². The molecule has 0 saturated carbocycles. The minimum absolute atomic E-state index is 0.174. The van der Waals surface area contributed by atoms with Gasteiger partial charge in [-0.15, -0.1) is 0 Å². The van der Waals surface area contributed by atoms with Crippen molar-refractivity contribution in [3.05, 3.63) is 34.6 Å². The predicted octanol–water partition coefficient (Wildman–Crippen LogP) is 3.83. The Bertz CT molecular complexity index is 402. The van der Waals surface area contributed by atoms with Crippen molar-refractivity contribution >= 4 is 0 Å². The third-order valence-corrected chi connectivity index (χ3v) is 3.88. The van der Waals surface area contributed by atoms with Gasteiger partial charge in [-0.1, -0.05) is 12.1 Å². The first-order valence-electron chi connectivity index (χ1n) is 7.14. The summed E-state index contributed by atoms with van der Waals surface area (Å²) >= 11 is 0. The summed E-state index contributed by atoms with van der Waals surface area (Å²) < 4.78 is 19.2. The van der Waals surface area contributed by atoms with Crippen LogP contribution in [0.2, 0.25) is 0 Å². The first-order chi connectivity index (χ1) is 9.08. The van der Waals surface area contributed by atoms with E-state index in [4.69, 9.17) is 4.74 Å². The highest BCUT2D eigenvalue weighted by Crippen LogP contribution is 2.26. The van der Waals surface area contributed by atoms with Gasteiger partial charge in [0, 0.05) is 6.61 Å². The predicted molar refractivity (Wildman–Crippen MR) is 73.7 cm³/mol. The summed E-state index contributed by atoms with van der Waals surface area (Å²) in [7, 11) is 0. The third kappa shape index (κ3) is 3.77. The Balaban J connectivity index is 1.93. The summed E-state index contributed by atoms with van der Waals surface area (Å²) in [5.74, 6) is -0.174. The van der Waals surface area contributed by atoms with Crippen molar-refractivity contribution in [3.8, 4) is 0 Å². The summed E-state index contributed by atoms with van der Waals surface area (Å²) in [6.45, 7) is 4.32. The van der Waals surface area contributed by atoms with Crippen LogP contribution in [0.3, 0.4) is 0 Å². The van der Waals surface area contributed by atoms with Crippen molar-refractivity contribution in [2.45, 2.75) is 58.2 Å². The van der Waals surface area contributed by atoms with Crippen LogP contribution in [0.4, 0.5) is 4.39 Å². The van der Waals surface area contributed by atoms with Gasteiger partial charge in [-0.2, -0.15) is 0 Å². The van der Waals surface area contributed by atoms with Gasteiger partial charge in [0.2, 0.25) is 0 Å². The largest absolute Gasteiger partial charge is 0.388 e. The van der Waals surface area contributed by atoms with Crippen LogP contribution in [0.25, 0.3) is 0 Å². The minimum Gasteiger partial charge on any atom is -0.388 e. The van der Waals surface area contributed by atoms with Gasteiger partial charge in [-0.25, -0.2) is 4.39 Å². The Morgan fingerprint density at radius 1 is 1.32 bits per heavy atom. The molecule has 2 atom stereocenters. The molecule has 1 fully saturated rings. The van der Waals surface area contributed by atoms with Gasteiger partial charge >= 0.3 is 0 Å². The molecule has 0 aliphatic carbocycles. The van der Waals surface area contributed by atoms with Crippen LogP contribution in [-0.4, -0.2) is 17.8 Å². The van der Waals surface area contributed by atoms with Gasteiger partial charge < -0.3 is 9.84 Å². The average Bonchev–Trinajstić information content (AvgIpc) is 2.42. The Morgan fingerprint density at radius 2 is 2.00 bits per heavy atom. The molecular formula is C16H23FO2. The first kappa shape index (κ1) is 14.5. The van der Waals surface area contributed by atoms with Gasteiger partial charge in [0.25, 0.3) is 0 Å². The fourth-order valence-corrected chi connectivity index (χ4v) is 2.72. The summed E-state index contributed by atoms with van der Waals surface area (Å²) in [4.78, 5) is 0. The van der Waals surface area contributed by atoms with E-state index >= 15 is 0 Å². The lowest BCUT2D eigenvalue weighted by atomic mass is 9.97. The molecule has 1 aromatic rings. The lowest BCUT2D eigenvalue weighted by molar-refractivity contribution is 0.00212. The molecule has 3 heteroatoms. The third-order valence-electron chi connectivity index (χ3n) is 3.88. The van der Waals surface area contributed by atoms with E-state index < -0.39 is 6.10 Å². The quantitative estimate of drug-likeness (QED) is 0.897. The average molecular weight is 266 g/mol. The van der Waals surface area contributed by atoms with Crippen LogP contribution in [0, 0.1) is 19.7 Å². The van der Waals surface area contributed by atoms with Crippen molar-refractivity contribution in [1.29, 1.82) is 0 Å². The number of benzene rings is 1. The zero-order chi connectivity index (χ0) is 13.8. The monoisotopic (exact) mass is 266 g/mol. The molecule has 0 amide bonds. The number of hydrogen-bond acceptors (Lipinski definition) is 2. The van der Waals surface area contributed by atoms with Crippen LogP contribution in [-0.2, 0) is 4.74 Å². The molecular weight excluding hydrogens is 243 g/mol. The number of rotatable bonds is 4. The molecule has 0 bridgehead atoms. The molecule has 1 heterocycles. The molecule has 1 N–H and O–H groups in total. The Labute approximate surface area is 114 Å². The zero-order valence-electron chi connectivity index (χ0n) is 11.8. The second kappa shape index (κ2) is 6.49. The van der Waals surface area contributed by atoms with Crippen molar-refractivity contribution in [1.82, 2.24) is 0 Å². The van der Waals surface area contributed by atoms with Crippen LogP contribution >= 0.6 is 0 Å². The summed E-state index contributed by atoms with van der Waals surface area (Å²) in [6, 6.07) is 3.49. The van der Waals surface area contributed by atoms with Crippen LogP contribution in [0.1, 0.15) is 54.9 Å². The lowest BCUT2D eigenvalue weighted by Gasteiger charge is -2.23. The molecule has 0 radical (unpaired) electrons. The van der Waals surface area contributed by atoms with E-state index in [1.165, 1.54) is 6.42 Å². The molecule has 106 valence electrons. The van der Waals surface area contributed by atoms with E-state index in [1.54, 1.807) is 26.0 Å². The Morgan fingerprint density at radius 3 is 2.58 bits per heavy atom. The van der Waals surface area contributed by atoms with E-state index in [0.29, 0.717) is 17.5 Å². The highest BCUT2D eigenvalue weighted by Gasteiger charge is 2.17. The van der Waals surface area contributed by atoms with Crippen molar-refractivity contribution in [2.24, 2.45) is 0 Å². The summed E-state index contributed by atoms with van der Waals surface area (Å²) in [5, 5.41) is 10.2. The molecule has 2 nitrogen and oxygen atoms in total. The smallest absolute Gasteiger partial charge is 0.129 e. The van der Waals surface area contributed by atoms with Gasteiger partial charge in [0.15, 0.2) is 0 Å². The lowest BCUT2D eigenvalue weighted by Crippen LogP contribution is -2.19. The second-order valence-corrected chi connectivity index (χ2v) is 5.55. The number of aryl methyl sites for hydroxylation is 2. The van der Waals surface area contributed by atoms with Gasteiger partial charge in [-0.3, -0.25) is 0 Å². The van der Waals surface area contributed by atoms with Gasteiger partial charge in [-0.05, 0) is 62.6 Å². The van der Waals surface area contributed by atoms with E-state index in [9.17, 15) is 9.50 Å². The minimum atomic E-state index is -0.525. The van der Waals surface area contributed by atoms with Crippen LogP contribution < -0.4 is 0 Å². The standard InChI is InChI=1S/C16H23FO2/c1-11-9-13(10-12(2)16(11)17)15(18)7-6-14-5-3-4-8-19-14/h9-10,14-15,18H,3-8H2,1-2H3. The normalized spacial score (nSPS) is 21.4. The zero-order valence-corrected chi connectivity index (χ0v) is 11.8. The molecule has 0 aromatic heterocycles. The molecule has 2 unspecified atom stereocenters. The van der Waals surface area contributed by atoms with E-state index in [0.717, 1.165) is 31.4 Å². The van der Waals surface area contributed by atoms with Gasteiger partial charge in [0.05, 0.1) is 12.2 Å². The van der Waals surface area contributed by atoms with Crippen LogP contribution in [0.5, 0.6) is 0 Å². The Hall–Kier alpha value is -0.930. The molecule has 1 aliphatic heterocycles. The first-order valence-corrected chi connectivity index (χ1v) is 7.14. The molecule has 1 aliphatic rings. The fourth-order valence-electron chi connectivity index (χ4n) is 2.72. The molecule has 1 aromatic carbocycles. The maximum atomic E-state index is 13.5. The summed E-state index contributed by atoms with van der Waals surface area (Å²) in [5.41, 5.74) is 2.01. The number of aliphatic hydroxyl groups excluding tert-OH is 1. The number of aliphatic hydroxyl groups is 1. The summed E-state index contributed by atoms with van der Waals surface area (Å²) in [6.07, 6.45) is 4.76. The number of hydrogen-bond donors (Lipinski definition) is 1. The van der Waals surface area contributed by atoms with Crippen molar-refractivity contribution in [2.75, 3.05) is 6.61 Å². The van der Waals surface area contributed by atoms with Gasteiger partial charge in [0.1, 0.15) is 5.82 Å². The Kier molecular flexibility index (Phi) is 4.94. The van der Waals surface area contributed by atoms with Crippen LogP contribution in [0.15, 0.2) is 12.1 Å². The number of ether oxygens (including phenoxy) is 1. The maximum Gasteiger partial charge on any atom is 0.129 e. The fraction of sp³-hybridized carbons (Fsp3) is 0.625. The highest BCUT2D eigenvalue weighted by molar-refractivity contribution is 5.31.